The Hall–Kier alpha value is -5.75. The van der Waals surface area contributed by atoms with E-state index in [2.05, 4.69) is 43.4 Å². The van der Waals surface area contributed by atoms with E-state index >= 15 is 0 Å². The average molecular weight is 714 g/mol. The first kappa shape index (κ1) is 34.3. The Bertz CT molecular complexity index is 2200. The molecule has 53 heavy (non-hydrogen) atoms. The van der Waals surface area contributed by atoms with Gasteiger partial charge in [-0.3, -0.25) is 4.79 Å². The maximum Gasteiger partial charge on any atom is 0.253 e. The van der Waals surface area contributed by atoms with Crippen LogP contribution in [0.25, 0.3) is 44.9 Å². The van der Waals surface area contributed by atoms with Gasteiger partial charge in [-0.2, -0.15) is 5.21 Å². The standard InChI is InChI=1S/C41H43N7O5/c1-51-37-17-12-27(24-38(37)52-2)34-15-10-29(41(50)47-20-18-32(49)19-21-47)22-30(34)25-53-33-13-8-26(9-14-33)40-42-35-23-28(39-43-45-46-44-39)11-16-36(35)48(40)31-6-4-3-5-7-31/h8-17,22-24,31-32,49H,3-7,18-21,25H2,1-2H3,(H,43,44,45,46). The van der Waals surface area contributed by atoms with Crippen molar-refractivity contribution in [3.8, 4) is 51.2 Å². The summed E-state index contributed by atoms with van der Waals surface area (Å²) in [5.74, 6) is 3.37. The number of ether oxygens (including phenoxy) is 3. The molecular weight excluding hydrogens is 670 g/mol. The predicted molar refractivity (Wildman–Crippen MR) is 201 cm³/mol. The summed E-state index contributed by atoms with van der Waals surface area (Å²) in [4.78, 5) is 20.5. The summed E-state index contributed by atoms with van der Waals surface area (Å²) in [6.07, 6.45) is 6.72. The second-order valence-electron chi connectivity index (χ2n) is 13.8. The molecule has 1 aliphatic carbocycles. The summed E-state index contributed by atoms with van der Waals surface area (Å²) in [6.45, 7) is 1.30. The molecule has 0 spiro atoms. The molecule has 272 valence electrons. The summed E-state index contributed by atoms with van der Waals surface area (Å²) in [5, 5.41) is 24.6. The number of carbonyl (C=O) groups excluding carboxylic acids is 1. The zero-order chi connectivity index (χ0) is 36.3. The topological polar surface area (TPSA) is 141 Å². The van der Waals surface area contributed by atoms with Crippen molar-refractivity contribution in [2.45, 2.75) is 63.7 Å². The fourth-order valence-electron chi connectivity index (χ4n) is 7.68. The molecule has 3 heterocycles. The quantitative estimate of drug-likeness (QED) is 0.150. The zero-order valence-corrected chi connectivity index (χ0v) is 30.0. The molecule has 0 radical (unpaired) electrons. The van der Waals surface area contributed by atoms with Crippen LogP contribution in [0.2, 0.25) is 0 Å². The Labute approximate surface area is 307 Å². The molecule has 1 aliphatic heterocycles. The van der Waals surface area contributed by atoms with Crippen LogP contribution in [-0.2, 0) is 6.61 Å². The van der Waals surface area contributed by atoms with Crippen LogP contribution < -0.4 is 14.2 Å². The number of hydrogen-bond donors (Lipinski definition) is 2. The van der Waals surface area contributed by atoms with E-state index in [1.807, 2.05) is 65.6 Å². The normalized spacial score (nSPS) is 15.5. The van der Waals surface area contributed by atoms with E-state index < -0.39 is 0 Å². The van der Waals surface area contributed by atoms with Crippen molar-refractivity contribution < 1.29 is 24.1 Å². The number of likely N-dealkylation sites (tertiary alicyclic amines) is 1. The minimum Gasteiger partial charge on any atom is -0.493 e. The summed E-state index contributed by atoms with van der Waals surface area (Å²) in [6, 6.07) is 26.2. The molecule has 2 aliphatic rings. The molecule has 1 saturated heterocycles. The Kier molecular flexibility index (Phi) is 9.77. The Morgan fingerprint density at radius 2 is 1.58 bits per heavy atom. The van der Waals surface area contributed by atoms with Gasteiger partial charge < -0.3 is 28.8 Å². The van der Waals surface area contributed by atoms with E-state index in [9.17, 15) is 9.90 Å². The summed E-state index contributed by atoms with van der Waals surface area (Å²) in [5.41, 5.74) is 7.15. The van der Waals surface area contributed by atoms with Gasteiger partial charge in [0.2, 0.25) is 5.82 Å². The van der Waals surface area contributed by atoms with Crippen molar-refractivity contribution >= 4 is 16.9 Å². The highest BCUT2D eigenvalue weighted by Crippen LogP contribution is 2.38. The first-order valence-electron chi connectivity index (χ1n) is 18.3. The molecule has 8 rings (SSSR count). The molecular formula is C41H43N7O5. The number of aliphatic hydroxyl groups excluding tert-OH is 1. The van der Waals surface area contributed by atoms with Crippen molar-refractivity contribution in [1.82, 2.24) is 35.1 Å². The molecule has 2 aromatic heterocycles. The maximum absolute atomic E-state index is 13.6. The van der Waals surface area contributed by atoms with Crippen LogP contribution in [0.5, 0.6) is 17.2 Å². The highest BCUT2D eigenvalue weighted by Gasteiger charge is 2.25. The van der Waals surface area contributed by atoms with Crippen LogP contribution in [-0.4, -0.2) is 79.5 Å². The number of tetrazole rings is 1. The number of aromatic amines is 1. The first-order valence-corrected chi connectivity index (χ1v) is 18.3. The third-order valence-electron chi connectivity index (χ3n) is 10.5. The highest BCUT2D eigenvalue weighted by molar-refractivity contribution is 5.95. The van der Waals surface area contributed by atoms with Crippen LogP contribution in [0.15, 0.2) is 78.9 Å². The smallest absolute Gasteiger partial charge is 0.253 e. The zero-order valence-electron chi connectivity index (χ0n) is 30.0. The van der Waals surface area contributed by atoms with Crippen molar-refractivity contribution in [1.29, 1.82) is 0 Å². The fraction of sp³-hybridized carbons (Fsp3) is 0.341. The first-order chi connectivity index (χ1) is 26.0. The number of nitrogens with zero attached hydrogens (tertiary/aromatic N) is 6. The van der Waals surface area contributed by atoms with Gasteiger partial charge in [0.05, 0.1) is 31.4 Å². The molecule has 1 amide bonds. The number of nitrogens with one attached hydrogen (secondary N) is 1. The van der Waals surface area contributed by atoms with Crippen LogP contribution >= 0.6 is 0 Å². The van der Waals surface area contributed by atoms with Crippen molar-refractivity contribution in [3.63, 3.8) is 0 Å². The maximum atomic E-state index is 13.6. The lowest BCUT2D eigenvalue weighted by molar-refractivity contribution is 0.0546. The molecule has 0 bridgehead atoms. The third-order valence-corrected chi connectivity index (χ3v) is 10.5. The van der Waals surface area contributed by atoms with Gasteiger partial charge in [-0.05, 0) is 114 Å². The number of aliphatic hydroxyl groups is 1. The van der Waals surface area contributed by atoms with Crippen LogP contribution in [0, 0.1) is 0 Å². The molecule has 12 nitrogen and oxygen atoms in total. The van der Waals surface area contributed by atoms with Gasteiger partial charge >= 0.3 is 0 Å². The number of H-pyrrole nitrogens is 1. The van der Waals surface area contributed by atoms with Crippen LogP contribution in [0.1, 0.15) is 66.9 Å². The van der Waals surface area contributed by atoms with E-state index in [1.54, 1.807) is 14.2 Å². The van der Waals surface area contributed by atoms with Crippen LogP contribution in [0.4, 0.5) is 0 Å². The number of aromatic nitrogens is 6. The molecule has 2 N–H and O–H groups in total. The van der Waals surface area contributed by atoms with E-state index in [-0.39, 0.29) is 18.6 Å². The van der Waals surface area contributed by atoms with Gasteiger partial charge in [0, 0.05) is 35.8 Å². The average Bonchev–Trinajstić information content (AvgIpc) is 3.89. The fourth-order valence-corrected chi connectivity index (χ4v) is 7.68. The minimum absolute atomic E-state index is 0.0494. The van der Waals surface area contributed by atoms with E-state index in [4.69, 9.17) is 19.2 Å². The highest BCUT2D eigenvalue weighted by atomic mass is 16.5. The van der Waals surface area contributed by atoms with Gasteiger partial charge in [-0.1, -0.05) is 31.4 Å². The van der Waals surface area contributed by atoms with Crippen molar-refractivity contribution in [3.05, 3.63) is 90.0 Å². The summed E-state index contributed by atoms with van der Waals surface area (Å²) >= 11 is 0. The van der Waals surface area contributed by atoms with Gasteiger partial charge in [0.15, 0.2) is 11.5 Å². The van der Waals surface area contributed by atoms with E-state index in [0.29, 0.717) is 60.6 Å². The molecule has 4 aromatic carbocycles. The second kappa shape index (κ2) is 15.1. The Morgan fingerprint density at radius 1 is 0.830 bits per heavy atom. The number of fused-ring (bicyclic) bond motifs is 1. The predicted octanol–water partition coefficient (Wildman–Crippen LogP) is 7.25. The lowest BCUT2D eigenvalue weighted by Gasteiger charge is -2.30. The van der Waals surface area contributed by atoms with Crippen molar-refractivity contribution in [2.75, 3.05) is 27.3 Å². The third kappa shape index (κ3) is 7.06. The van der Waals surface area contributed by atoms with Crippen LogP contribution in [0.3, 0.4) is 0 Å². The Balaban J connectivity index is 1.09. The van der Waals surface area contributed by atoms with E-state index in [1.165, 1.54) is 19.3 Å². The lowest BCUT2D eigenvalue weighted by atomic mass is 9.94. The number of amides is 1. The minimum atomic E-state index is -0.358. The van der Waals surface area contributed by atoms with Gasteiger partial charge in [0.25, 0.3) is 5.91 Å². The summed E-state index contributed by atoms with van der Waals surface area (Å²) in [7, 11) is 3.23. The SMILES string of the molecule is COc1ccc(-c2ccc(C(=O)N3CCC(O)CC3)cc2COc2ccc(-c3nc4cc(-c5nn[nH]n5)ccc4n3C3CCCCC3)cc2)cc1OC. The number of hydrogen-bond acceptors (Lipinski definition) is 9. The number of piperidine rings is 1. The monoisotopic (exact) mass is 713 g/mol. The number of rotatable bonds is 10. The van der Waals surface area contributed by atoms with E-state index in [0.717, 1.165) is 57.5 Å². The summed E-state index contributed by atoms with van der Waals surface area (Å²) < 4.78 is 19.9. The molecule has 0 unspecified atom stereocenters. The van der Waals surface area contributed by atoms with Crippen molar-refractivity contribution in [2.24, 2.45) is 0 Å². The second-order valence-corrected chi connectivity index (χ2v) is 13.8. The lowest BCUT2D eigenvalue weighted by Crippen LogP contribution is -2.40. The largest absolute Gasteiger partial charge is 0.493 e. The number of carbonyl (C=O) groups is 1. The number of imidazole rings is 1. The molecule has 12 heteroatoms. The number of methoxy groups -OCH3 is 2. The van der Waals surface area contributed by atoms with Gasteiger partial charge in [-0.15, -0.1) is 10.2 Å². The Morgan fingerprint density at radius 3 is 2.32 bits per heavy atom. The van der Waals surface area contributed by atoms with Gasteiger partial charge in [-0.25, -0.2) is 4.98 Å². The number of benzene rings is 4. The molecule has 2 fully saturated rings. The molecule has 6 aromatic rings. The molecule has 0 atom stereocenters. The van der Waals surface area contributed by atoms with Gasteiger partial charge in [0.1, 0.15) is 18.2 Å². The molecule has 1 saturated carbocycles.